The number of ether oxygens (including phenoxy) is 2. The number of halogens is 2. The maximum atomic E-state index is 13.5. The van der Waals surface area contributed by atoms with E-state index in [1.165, 1.54) is 45.6 Å². The predicted molar refractivity (Wildman–Crippen MR) is 151 cm³/mol. The molecule has 3 aromatic rings. The number of methoxy groups -OCH3 is 1. The summed E-state index contributed by atoms with van der Waals surface area (Å²) in [5, 5.41) is 10.3. The lowest BCUT2D eigenvalue weighted by Gasteiger charge is -2.36. The van der Waals surface area contributed by atoms with Gasteiger partial charge in [-0.3, -0.25) is 14.5 Å². The van der Waals surface area contributed by atoms with Crippen LogP contribution in [0.3, 0.4) is 0 Å². The van der Waals surface area contributed by atoms with E-state index in [0.717, 1.165) is 12.8 Å². The molecular formula is C28H35F2N7O5. The van der Waals surface area contributed by atoms with Gasteiger partial charge in [0.05, 0.1) is 12.3 Å². The third kappa shape index (κ3) is 6.08. The van der Waals surface area contributed by atoms with Crippen LogP contribution in [0, 0.1) is 0 Å². The standard InChI is InChI=1S/C28H35F2N7O5/c1-27(2,3)42-26(40)35(4)22-12-21(33-20-7-6-10-36(25(20)39)17-13-28(29,30)14-17)34-23-19(15-31-37(22)23)24(38)32-16-8-9-18(11-16)41-5/h6-7,10,12,15-18H,8-9,11,13-14H2,1-5H3,(H,32,38)(H,33,34)/t16-,18-/m0/s1. The van der Waals surface area contributed by atoms with Crippen LogP contribution in [-0.2, 0) is 9.47 Å². The Labute approximate surface area is 241 Å². The molecule has 0 aromatic carbocycles. The number of carbonyl (C=O) groups excluding carboxylic acids is 2. The zero-order valence-electron chi connectivity index (χ0n) is 24.2. The molecule has 2 atom stereocenters. The second-order valence-corrected chi connectivity index (χ2v) is 11.9. The molecule has 5 rings (SSSR count). The highest BCUT2D eigenvalue weighted by Gasteiger charge is 2.46. The molecule has 12 nitrogen and oxygen atoms in total. The fourth-order valence-electron chi connectivity index (χ4n) is 5.24. The summed E-state index contributed by atoms with van der Waals surface area (Å²) in [5.41, 5.74) is -0.873. The van der Waals surface area contributed by atoms with Crippen molar-refractivity contribution in [2.75, 3.05) is 24.4 Å². The Morgan fingerprint density at radius 3 is 2.60 bits per heavy atom. The van der Waals surface area contributed by atoms with Gasteiger partial charge in [-0.1, -0.05) is 0 Å². The van der Waals surface area contributed by atoms with Crippen LogP contribution in [-0.4, -0.2) is 69.0 Å². The fraction of sp³-hybridized carbons (Fsp3) is 0.536. The Hall–Kier alpha value is -4.07. The molecule has 0 unspecified atom stereocenters. The summed E-state index contributed by atoms with van der Waals surface area (Å²) in [5.74, 6) is -2.83. The largest absolute Gasteiger partial charge is 0.443 e. The van der Waals surface area contributed by atoms with Crippen molar-refractivity contribution in [1.82, 2.24) is 24.5 Å². The van der Waals surface area contributed by atoms with Crippen LogP contribution in [0.25, 0.3) is 5.65 Å². The van der Waals surface area contributed by atoms with Crippen LogP contribution in [0.1, 0.15) is 69.3 Å². The van der Waals surface area contributed by atoms with Gasteiger partial charge in [0.2, 0.25) is 0 Å². The van der Waals surface area contributed by atoms with Crippen molar-refractivity contribution >= 4 is 35.0 Å². The highest BCUT2D eigenvalue weighted by Crippen LogP contribution is 2.44. The molecule has 2 fully saturated rings. The first-order valence-electron chi connectivity index (χ1n) is 13.8. The van der Waals surface area contributed by atoms with E-state index in [1.54, 1.807) is 33.9 Å². The highest BCUT2D eigenvalue weighted by atomic mass is 19.3. The molecule has 0 aliphatic heterocycles. The number of rotatable bonds is 7. The molecular weight excluding hydrogens is 552 g/mol. The number of nitrogens with zero attached hydrogens (tertiary/aromatic N) is 5. The molecule has 226 valence electrons. The third-order valence-electron chi connectivity index (χ3n) is 7.46. The molecule has 42 heavy (non-hydrogen) atoms. The summed E-state index contributed by atoms with van der Waals surface area (Å²) in [7, 11) is 3.13. The highest BCUT2D eigenvalue weighted by molar-refractivity contribution is 6.00. The second kappa shape index (κ2) is 11.0. The van der Waals surface area contributed by atoms with Gasteiger partial charge in [-0.25, -0.2) is 18.6 Å². The van der Waals surface area contributed by atoms with Crippen molar-refractivity contribution in [1.29, 1.82) is 0 Å². The number of carbonyl (C=O) groups is 2. The Kier molecular flexibility index (Phi) is 7.68. The number of fused-ring (bicyclic) bond motifs is 1. The summed E-state index contributed by atoms with van der Waals surface area (Å²) in [6, 6.07) is 3.88. The van der Waals surface area contributed by atoms with E-state index in [1.807, 2.05) is 0 Å². The lowest BCUT2D eigenvalue weighted by molar-refractivity contribution is -0.104. The quantitative estimate of drug-likeness (QED) is 0.419. The summed E-state index contributed by atoms with van der Waals surface area (Å²) < 4.78 is 40.5. The van der Waals surface area contributed by atoms with Gasteiger partial charge in [0.15, 0.2) is 5.65 Å². The summed E-state index contributed by atoms with van der Waals surface area (Å²) in [6.45, 7) is 5.21. The molecule has 3 heterocycles. The van der Waals surface area contributed by atoms with Gasteiger partial charge in [-0.05, 0) is 52.2 Å². The van der Waals surface area contributed by atoms with E-state index in [0.29, 0.717) is 6.42 Å². The van der Waals surface area contributed by atoms with Crippen LogP contribution >= 0.6 is 0 Å². The van der Waals surface area contributed by atoms with Crippen LogP contribution in [0.15, 0.2) is 35.4 Å². The van der Waals surface area contributed by atoms with Gasteiger partial charge in [0.25, 0.3) is 17.4 Å². The molecule has 2 saturated carbocycles. The van der Waals surface area contributed by atoms with E-state index in [2.05, 4.69) is 20.7 Å². The first-order valence-corrected chi connectivity index (χ1v) is 13.8. The average Bonchev–Trinajstić information content (AvgIpc) is 3.53. The second-order valence-electron chi connectivity index (χ2n) is 11.9. The summed E-state index contributed by atoms with van der Waals surface area (Å²) in [4.78, 5) is 45.3. The van der Waals surface area contributed by atoms with Crippen molar-refractivity contribution in [3.8, 4) is 0 Å². The topological polar surface area (TPSA) is 132 Å². The van der Waals surface area contributed by atoms with E-state index in [-0.39, 0.29) is 40.7 Å². The lowest BCUT2D eigenvalue weighted by atomic mass is 9.88. The average molecular weight is 588 g/mol. The van der Waals surface area contributed by atoms with Crippen LogP contribution in [0.4, 0.5) is 30.9 Å². The number of alkyl halides is 2. The summed E-state index contributed by atoms with van der Waals surface area (Å²) in [6.07, 6.45) is 3.70. The number of nitrogens with one attached hydrogen (secondary N) is 2. The molecule has 3 aromatic heterocycles. The van der Waals surface area contributed by atoms with E-state index >= 15 is 0 Å². The molecule has 2 amide bonds. The van der Waals surface area contributed by atoms with Crippen LogP contribution < -0.4 is 21.1 Å². The maximum absolute atomic E-state index is 13.5. The smallest absolute Gasteiger partial charge is 0.415 e. The van der Waals surface area contributed by atoms with E-state index in [9.17, 15) is 23.2 Å². The molecule has 0 bridgehead atoms. The Balaban J connectivity index is 1.51. The Morgan fingerprint density at radius 2 is 1.95 bits per heavy atom. The third-order valence-corrected chi connectivity index (χ3v) is 7.46. The normalized spacial score (nSPS) is 20.3. The Morgan fingerprint density at radius 1 is 1.21 bits per heavy atom. The molecule has 2 N–H and O–H groups in total. The first-order chi connectivity index (χ1) is 19.7. The number of aromatic nitrogens is 4. The number of hydrogen-bond donors (Lipinski definition) is 2. The minimum absolute atomic E-state index is 0.0725. The fourth-order valence-corrected chi connectivity index (χ4v) is 5.24. The minimum atomic E-state index is -2.79. The molecule has 0 radical (unpaired) electrons. The number of amides is 2. The monoisotopic (exact) mass is 587 g/mol. The number of anilines is 3. The van der Waals surface area contributed by atoms with Crippen molar-refractivity contribution in [3.05, 3.63) is 46.5 Å². The van der Waals surface area contributed by atoms with Gasteiger partial charge < -0.3 is 24.7 Å². The number of hydrogen-bond acceptors (Lipinski definition) is 8. The molecule has 2 aliphatic rings. The minimum Gasteiger partial charge on any atom is -0.443 e. The molecule has 0 spiro atoms. The van der Waals surface area contributed by atoms with Crippen molar-refractivity contribution in [3.63, 3.8) is 0 Å². The number of pyridine rings is 1. The first kappa shape index (κ1) is 29.4. The van der Waals surface area contributed by atoms with Crippen molar-refractivity contribution in [2.45, 2.75) is 82.6 Å². The van der Waals surface area contributed by atoms with Gasteiger partial charge >= 0.3 is 6.09 Å². The SMILES string of the molecule is CO[C@H]1CC[C@H](NC(=O)c2cnn3c(N(C)C(=O)OC(C)(C)C)cc(Nc4cccn(C5CC(F)(F)C5)c4=O)nc23)C1. The molecule has 14 heteroatoms. The molecule has 0 saturated heterocycles. The maximum Gasteiger partial charge on any atom is 0.415 e. The van der Waals surface area contributed by atoms with Crippen LogP contribution in [0.2, 0.25) is 0 Å². The van der Waals surface area contributed by atoms with E-state index in [4.69, 9.17) is 9.47 Å². The molecule has 2 aliphatic carbocycles. The van der Waals surface area contributed by atoms with Crippen molar-refractivity contribution in [2.24, 2.45) is 0 Å². The van der Waals surface area contributed by atoms with E-state index < -0.39 is 48.0 Å². The zero-order chi connectivity index (χ0) is 30.4. The zero-order valence-corrected chi connectivity index (χ0v) is 24.2. The van der Waals surface area contributed by atoms with Crippen LogP contribution in [0.5, 0.6) is 0 Å². The summed E-state index contributed by atoms with van der Waals surface area (Å²) >= 11 is 0. The predicted octanol–water partition coefficient (Wildman–Crippen LogP) is 4.27. The lowest BCUT2D eigenvalue weighted by Crippen LogP contribution is -2.41. The van der Waals surface area contributed by atoms with Crippen molar-refractivity contribution < 1.29 is 27.8 Å². The Bertz CT molecular complexity index is 1560. The van der Waals surface area contributed by atoms with Gasteiger partial charge in [0, 0.05) is 51.3 Å². The van der Waals surface area contributed by atoms with Gasteiger partial charge in [-0.15, -0.1) is 0 Å². The van der Waals surface area contributed by atoms with Gasteiger partial charge in [-0.2, -0.15) is 9.61 Å². The van der Waals surface area contributed by atoms with Gasteiger partial charge in [0.1, 0.15) is 28.5 Å².